The van der Waals surface area contributed by atoms with Crippen LogP contribution >= 0.6 is 0 Å². The van der Waals surface area contributed by atoms with E-state index < -0.39 is 35.9 Å². The van der Waals surface area contributed by atoms with Gasteiger partial charge in [-0.3, -0.25) is 0 Å². The van der Waals surface area contributed by atoms with Crippen LogP contribution < -0.4 is 0 Å². The van der Waals surface area contributed by atoms with Crippen molar-refractivity contribution in [2.75, 3.05) is 13.2 Å². The quantitative estimate of drug-likeness (QED) is 0.538. The van der Waals surface area contributed by atoms with Crippen molar-refractivity contribution in [3.63, 3.8) is 0 Å². The van der Waals surface area contributed by atoms with Gasteiger partial charge in [-0.2, -0.15) is 0 Å². The summed E-state index contributed by atoms with van der Waals surface area (Å²) >= 11 is 0. The van der Waals surface area contributed by atoms with Crippen LogP contribution in [0.4, 0.5) is 0 Å². The molecule has 0 aromatic carbocycles. The van der Waals surface area contributed by atoms with Crippen molar-refractivity contribution < 1.29 is 38.4 Å². The zero-order valence-electron chi connectivity index (χ0n) is 10.9. The Balaban J connectivity index is 3.05. The molecule has 0 radical (unpaired) electrons. The van der Waals surface area contributed by atoms with Crippen LogP contribution in [-0.4, -0.2) is 54.2 Å². The summed E-state index contributed by atoms with van der Waals surface area (Å²) < 4.78 is 19.5. The van der Waals surface area contributed by atoms with Gasteiger partial charge in [-0.25, -0.2) is 14.4 Å². The van der Waals surface area contributed by atoms with Crippen LogP contribution in [0.1, 0.15) is 20.8 Å². The van der Waals surface area contributed by atoms with Gasteiger partial charge in [0.15, 0.2) is 6.10 Å². The van der Waals surface area contributed by atoms with Crippen molar-refractivity contribution in [2.24, 2.45) is 0 Å². The summed E-state index contributed by atoms with van der Waals surface area (Å²) in [5.74, 6) is -6.05. The predicted molar refractivity (Wildman–Crippen MR) is 59.1 cm³/mol. The van der Waals surface area contributed by atoms with E-state index in [4.69, 9.17) is 24.1 Å². The van der Waals surface area contributed by atoms with Crippen LogP contribution in [0, 0.1) is 0 Å². The molecule has 0 aromatic heterocycles. The molecule has 1 rings (SSSR count). The number of carbonyl (C=O) groups is 3. The van der Waals surface area contributed by atoms with Gasteiger partial charge in [0.2, 0.25) is 0 Å². The van der Waals surface area contributed by atoms with Gasteiger partial charge < -0.3 is 24.1 Å². The molecule has 0 saturated carbocycles. The molecule has 0 amide bonds. The van der Waals surface area contributed by atoms with Gasteiger partial charge in [0.25, 0.3) is 0 Å². The van der Waals surface area contributed by atoms with Gasteiger partial charge in [-0.1, -0.05) is 0 Å². The molecule has 0 aromatic rings. The normalized spacial score (nSPS) is 24.8. The molecule has 0 aliphatic carbocycles. The molecular formula is C11H16O8. The highest BCUT2D eigenvalue weighted by molar-refractivity contribution is 6.02. The number of esters is 2. The van der Waals surface area contributed by atoms with E-state index >= 15 is 0 Å². The smallest absolute Gasteiger partial charge is 0.379 e. The molecule has 19 heavy (non-hydrogen) atoms. The van der Waals surface area contributed by atoms with Crippen LogP contribution in [0.3, 0.4) is 0 Å². The number of carboxylic acid groups (broad SMARTS) is 1. The van der Waals surface area contributed by atoms with Gasteiger partial charge in [-0.15, -0.1) is 0 Å². The number of aliphatic carboxylic acids is 1. The summed E-state index contributed by atoms with van der Waals surface area (Å²) in [4.78, 5) is 34.6. The Hall–Kier alpha value is -1.67. The van der Waals surface area contributed by atoms with E-state index in [0.29, 0.717) is 0 Å². The predicted octanol–water partition coefficient (Wildman–Crippen LogP) is -0.303. The lowest BCUT2D eigenvalue weighted by atomic mass is 10.2. The molecule has 0 bridgehead atoms. The van der Waals surface area contributed by atoms with Crippen molar-refractivity contribution in [1.29, 1.82) is 0 Å². The monoisotopic (exact) mass is 276 g/mol. The van der Waals surface area contributed by atoms with E-state index in [-0.39, 0.29) is 13.2 Å². The molecule has 1 fully saturated rings. The minimum absolute atomic E-state index is 0.0151. The Kier molecular flexibility index (Phi) is 4.84. The number of carbonyl (C=O) groups excluding carboxylic acids is 2. The second kappa shape index (κ2) is 5.98. The number of carboxylic acids is 1. The Bertz CT molecular complexity index is 359. The third kappa shape index (κ3) is 2.85. The Morgan fingerprint density at radius 1 is 1.11 bits per heavy atom. The summed E-state index contributed by atoms with van der Waals surface area (Å²) in [6.07, 6.45) is -2.44. The summed E-state index contributed by atoms with van der Waals surface area (Å²) in [5, 5.41) is 8.93. The molecule has 108 valence electrons. The van der Waals surface area contributed by atoms with Gasteiger partial charge >= 0.3 is 23.7 Å². The average Bonchev–Trinajstić information content (AvgIpc) is 2.69. The molecule has 2 atom stereocenters. The lowest BCUT2D eigenvalue weighted by Crippen LogP contribution is -2.51. The largest absolute Gasteiger partial charge is 0.479 e. The third-order valence-electron chi connectivity index (χ3n) is 2.40. The first-order valence-electron chi connectivity index (χ1n) is 5.81. The fourth-order valence-electron chi connectivity index (χ4n) is 1.61. The molecule has 1 aliphatic heterocycles. The van der Waals surface area contributed by atoms with Crippen molar-refractivity contribution in [1.82, 2.24) is 0 Å². The third-order valence-corrected chi connectivity index (χ3v) is 2.40. The summed E-state index contributed by atoms with van der Waals surface area (Å²) in [6.45, 7) is 4.41. The van der Waals surface area contributed by atoms with Crippen LogP contribution in [0.5, 0.6) is 0 Å². The van der Waals surface area contributed by atoms with Gasteiger partial charge in [0.1, 0.15) is 0 Å². The van der Waals surface area contributed by atoms with Gasteiger partial charge in [0.05, 0.1) is 19.3 Å². The average molecular weight is 276 g/mol. The Labute approximate surface area is 109 Å². The lowest BCUT2D eigenvalue weighted by molar-refractivity contribution is -0.227. The molecule has 1 heterocycles. The second-order valence-corrected chi connectivity index (χ2v) is 3.76. The first kappa shape index (κ1) is 15.4. The highest BCUT2D eigenvalue weighted by Gasteiger charge is 2.62. The van der Waals surface area contributed by atoms with E-state index in [9.17, 15) is 14.4 Å². The van der Waals surface area contributed by atoms with E-state index in [2.05, 4.69) is 0 Å². The molecule has 1 aliphatic rings. The SMILES string of the molecule is CCOC(=O)C1(C(=O)OCC)O[C@H](C(=O)O)[C@@H](C)O1. The van der Waals surface area contributed by atoms with Crippen LogP contribution in [0.2, 0.25) is 0 Å². The number of hydrogen-bond donors (Lipinski definition) is 1. The standard InChI is InChI=1S/C11H16O8/c1-4-16-9(14)11(10(15)17-5-2)18-6(3)7(19-11)8(12)13/h6-7H,4-5H2,1-3H3,(H,12,13)/t6-,7+/m1/s1. The molecule has 8 heteroatoms. The molecular weight excluding hydrogens is 260 g/mol. The van der Waals surface area contributed by atoms with E-state index in [1.807, 2.05) is 0 Å². The maximum absolute atomic E-state index is 11.8. The first-order chi connectivity index (χ1) is 8.89. The van der Waals surface area contributed by atoms with Gasteiger partial charge in [0, 0.05) is 0 Å². The Morgan fingerprint density at radius 3 is 1.89 bits per heavy atom. The zero-order chi connectivity index (χ0) is 14.6. The van der Waals surface area contributed by atoms with E-state index in [1.165, 1.54) is 20.8 Å². The van der Waals surface area contributed by atoms with Crippen molar-refractivity contribution in [3.8, 4) is 0 Å². The summed E-state index contributed by atoms with van der Waals surface area (Å²) in [7, 11) is 0. The maximum atomic E-state index is 11.8. The Morgan fingerprint density at radius 2 is 1.58 bits per heavy atom. The minimum atomic E-state index is -2.46. The first-order valence-corrected chi connectivity index (χ1v) is 5.81. The highest BCUT2D eigenvalue weighted by Crippen LogP contribution is 2.31. The molecule has 0 spiro atoms. The van der Waals surface area contributed by atoms with Crippen LogP contribution in [-0.2, 0) is 33.3 Å². The van der Waals surface area contributed by atoms with Crippen molar-refractivity contribution in [3.05, 3.63) is 0 Å². The topological polar surface area (TPSA) is 108 Å². The number of hydrogen-bond acceptors (Lipinski definition) is 7. The number of ether oxygens (including phenoxy) is 4. The molecule has 1 saturated heterocycles. The van der Waals surface area contributed by atoms with Crippen LogP contribution in [0.25, 0.3) is 0 Å². The fourth-order valence-corrected chi connectivity index (χ4v) is 1.61. The zero-order valence-corrected chi connectivity index (χ0v) is 10.9. The van der Waals surface area contributed by atoms with Crippen LogP contribution in [0.15, 0.2) is 0 Å². The molecule has 8 nitrogen and oxygen atoms in total. The summed E-state index contributed by atoms with van der Waals surface area (Å²) in [6, 6.07) is 0. The minimum Gasteiger partial charge on any atom is -0.479 e. The van der Waals surface area contributed by atoms with E-state index in [1.54, 1.807) is 0 Å². The highest BCUT2D eigenvalue weighted by atomic mass is 16.8. The lowest BCUT2D eigenvalue weighted by Gasteiger charge is -2.22. The van der Waals surface area contributed by atoms with Crippen molar-refractivity contribution >= 4 is 17.9 Å². The van der Waals surface area contributed by atoms with Gasteiger partial charge in [-0.05, 0) is 20.8 Å². The molecule has 0 unspecified atom stereocenters. The maximum Gasteiger partial charge on any atom is 0.379 e. The summed E-state index contributed by atoms with van der Waals surface area (Å²) in [5.41, 5.74) is 0. The number of rotatable bonds is 5. The molecule has 1 N–H and O–H groups in total. The van der Waals surface area contributed by atoms with E-state index in [0.717, 1.165) is 0 Å². The second-order valence-electron chi connectivity index (χ2n) is 3.76. The van der Waals surface area contributed by atoms with Crippen molar-refractivity contribution in [2.45, 2.75) is 38.8 Å². The fraction of sp³-hybridized carbons (Fsp3) is 0.727.